The maximum absolute atomic E-state index is 11.3. The van der Waals surface area contributed by atoms with E-state index in [1.807, 2.05) is 13.8 Å². The summed E-state index contributed by atoms with van der Waals surface area (Å²) in [7, 11) is 0. The second-order valence-electron chi connectivity index (χ2n) is 5.50. The Kier molecular flexibility index (Phi) is 2.98. The summed E-state index contributed by atoms with van der Waals surface area (Å²) in [5, 5.41) is 9.33. The summed E-state index contributed by atoms with van der Waals surface area (Å²) in [5.41, 5.74) is 3.27. The van der Waals surface area contributed by atoms with Crippen LogP contribution in [-0.2, 0) is 17.6 Å². The summed E-state index contributed by atoms with van der Waals surface area (Å²) < 4.78 is 0. The van der Waals surface area contributed by atoms with E-state index in [4.69, 9.17) is 0 Å². The third-order valence-electron chi connectivity index (χ3n) is 4.12. The Morgan fingerprint density at radius 3 is 2.76 bits per heavy atom. The van der Waals surface area contributed by atoms with Crippen LogP contribution >= 0.6 is 0 Å². The molecule has 1 N–H and O–H groups in total. The Hall–Kier alpha value is -1.31. The van der Waals surface area contributed by atoms with Crippen LogP contribution in [-0.4, -0.2) is 11.1 Å². The minimum atomic E-state index is -0.699. The van der Waals surface area contributed by atoms with Crippen molar-refractivity contribution in [1.82, 2.24) is 0 Å². The summed E-state index contributed by atoms with van der Waals surface area (Å²) in [5.74, 6) is -0.546. The zero-order valence-corrected chi connectivity index (χ0v) is 10.8. The van der Waals surface area contributed by atoms with Gasteiger partial charge in [-0.2, -0.15) is 0 Å². The molecule has 17 heavy (non-hydrogen) atoms. The normalized spacial score (nSPS) is 19.1. The lowest BCUT2D eigenvalue weighted by molar-refractivity contribution is -0.148. The van der Waals surface area contributed by atoms with Gasteiger partial charge in [-0.3, -0.25) is 4.79 Å². The number of aliphatic carboxylic acids is 1. The molecular weight excluding hydrogens is 212 g/mol. The summed E-state index contributed by atoms with van der Waals surface area (Å²) in [6.45, 7) is 5.82. The molecule has 2 heteroatoms. The van der Waals surface area contributed by atoms with Gasteiger partial charge in [0.05, 0.1) is 5.41 Å². The average Bonchev–Trinajstić information content (AvgIpc) is 2.71. The van der Waals surface area contributed by atoms with Crippen LogP contribution in [0.5, 0.6) is 0 Å². The van der Waals surface area contributed by atoms with Crippen molar-refractivity contribution < 1.29 is 9.90 Å². The molecule has 0 fully saturated rings. The van der Waals surface area contributed by atoms with Crippen molar-refractivity contribution in [2.75, 3.05) is 0 Å². The highest BCUT2D eigenvalue weighted by molar-refractivity contribution is 5.75. The number of aryl methyl sites for hydroxylation is 2. The van der Waals surface area contributed by atoms with Crippen molar-refractivity contribution >= 4 is 5.97 Å². The quantitative estimate of drug-likeness (QED) is 0.867. The van der Waals surface area contributed by atoms with E-state index < -0.39 is 11.4 Å². The highest BCUT2D eigenvalue weighted by Gasteiger charge is 2.40. The fourth-order valence-electron chi connectivity index (χ4n) is 2.79. The number of carbonyl (C=O) groups is 1. The minimum absolute atomic E-state index is 0.154. The molecule has 0 heterocycles. The fraction of sp³-hybridized carbons (Fsp3) is 0.533. The van der Waals surface area contributed by atoms with Gasteiger partial charge in [-0.15, -0.1) is 0 Å². The number of benzene rings is 1. The van der Waals surface area contributed by atoms with Crippen molar-refractivity contribution in [3.63, 3.8) is 0 Å². The van der Waals surface area contributed by atoms with Crippen molar-refractivity contribution in [3.05, 3.63) is 34.9 Å². The Labute approximate surface area is 103 Å². The molecule has 1 aromatic carbocycles. The van der Waals surface area contributed by atoms with Gasteiger partial charge in [-0.25, -0.2) is 0 Å². The Bertz CT molecular complexity index is 446. The maximum Gasteiger partial charge on any atom is 0.309 e. The Morgan fingerprint density at radius 2 is 2.18 bits per heavy atom. The molecule has 1 unspecified atom stereocenters. The number of hydrogen-bond acceptors (Lipinski definition) is 1. The van der Waals surface area contributed by atoms with Crippen LogP contribution in [0.3, 0.4) is 0 Å². The lowest BCUT2D eigenvalue weighted by Crippen LogP contribution is -2.30. The molecule has 2 nitrogen and oxygen atoms in total. The number of fused-ring (bicyclic) bond motifs is 1. The second kappa shape index (κ2) is 4.17. The van der Waals surface area contributed by atoms with Crippen LogP contribution < -0.4 is 0 Å². The number of rotatable bonds is 3. The largest absolute Gasteiger partial charge is 0.481 e. The van der Waals surface area contributed by atoms with E-state index in [0.29, 0.717) is 0 Å². The molecule has 0 spiro atoms. The van der Waals surface area contributed by atoms with Crippen molar-refractivity contribution in [2.45, 2.75) is 46.0 Å². The number of carboxylic acid groups (broad SMARTS) is 1. The van der Waals surface area contributed by atoms with E-state index in [1.54, 1.807) is 0 Å². The summed E-state index contributed by atoms with van der Waals surface area (Å²) in [6.07, 6.45) is 3.02. The van der Waals surface area contributed by atoms with E-state index in [2.05, 4.69) is 25.1 Å². The molecule has 1 aromatic rings. The first kappa shape index (κ1) is 12.2. The third kappa shape index (κ3) is 1.97. The molecule has 0 bridgehead atoms. The van der Waals surface area contributed by atoms with Gasteiger partial charge in [-0.05, 0) is 49.8 Å². The van der Waals surface area contributed by atoms with Crippen LogP contribution in [0, 0.1) is 5.41 Å². The topological polar surface area (TPSA) is 37.3 Å². The third-order valence-corrected chi connectivity index (χ3v) is 4.12. The standard InChI is InChI=1S/C15H20O2/c1-4-10-5-7-12-11(9-10)6-8-13(12)15(2,3)14(16)17/h5,7,9,13H,4,6,8H2,1-3H3,(H,16,17). The van der Waals surface area contributed by atoms with Crippen LogP contribution in [0.15, 0.2) is 18.2 Å². The first-order valence-electron chi connectivity index (χ1n) is 6.32. The molecule has 92 valence electrons. The van der Waals surface area contributed by atoms with Gasteiger partial charge in [0.1, 0.15) is 0 Å². The van der Waals surface area contributed by atoms with Crippen LogP contribution in [0.25, 0.3) is 0 Å². The molecule has 0 saturated carbocycles. The van der Waals surface area contributed by atoms with E-state index in [0.717, 1.165) is 19.3 Å². The lowest BCUT2D eigenvalue weighted by atomic mass is 9.75. The highest BCUT2D eigenvalue weighted by Crippen LogP contribution is 2.45. The predicted molar refractivity (Wildman–Crippen MR) is 68.3 cm³/mol. The zero-order chi connectivity index (χ0) is 12.6. The first-order chi connectivity index (χ1) is 7.96. The summed E-state index contributed by atoms with van der Waals surface area (Å²) in [6, 6.07) is 6.51. The molecule has 0 aromatic heterocycles. The molecule has 0 saturated heterocycles. The first-order valence-corrected chi connectivity index (χ1v) is 6.32. The molecule has 1 aliphatic rings. The van der Waals surface area contributed by atoms with Crippen molar-refractivity contribution in [2.24, 2.45) is 5.41 Å². The molecule has 0 radical (unpaired) electrons. The molecule has 1 aliphatic carbocycles. The van der Waals surface area contributed by atoms with Gasteiger partial charge < -0.3 is 5.11 Å². The molecule has 0 amide bonds. The highest BCUT2D eigenvalue weighted by atomic mass is 16.4. The zero-order valence-electron chi connectivity index (χ0n) is 10.8. The summed E-state index contributed by atoms with van der Waals surface area (Å²) in [4.78, 5) is 11.3. The van der Waals surface area contributed by atoms with Crippen molar-refractivity contribution in [1.29, 1.82) is 0 Å². The van der Waals surface area contributed by atoms with Gasteiger partial charge in [0.2, 0.25) is 0 Å². The lowest BCUT2D eigenvalue weighted by Gasteiger charge is -2.27. The van der Waals surface area contributed by atoms with E-state index in [-0.39, 0.29) is 5.92 Å². The van der Waals surface area contributed by atoms with Crippen molar-refractivity contribution in [3.8, 4) is 0 Å². The molecule has 1 atom stereocenters. The van der Waals surface area contributed by atoms with Crippen LogP contribution in [0.4, 0.5) is 0 Å². The number of hydrogen-bond donors (Lipinski definition) is 1. The second-order valence-corrected chi connectivity index (χ2v) is 5.50. The SMILES string of the molecule is CCc1ccc2c(c1)CCC2C(C)(C)C(=O)O. The van der Waals surface area contributed by atoms with Gasteiger partial charge in [0.15, 0.2) is 0 Å². The predicted octanol–water partition coefficient (Wildman–Crippen LogP) is 3.39. The smallest absolute Gasteiger partial charge is 0.309 e. The van der Waals surface area contributed by atoms with E-state index in [9.17, 15) is 9.90 Å². The van der Waals surface area contributed by atoms with Crippen LogP contribution in [0.2, 0.25) is 0 Å². The number of carboxylic acids is 1. The van der Waals surface area contributed by atoms with E-state index >= 15 is 0 Å². The minimum Gasteiger partial charge on any atom is -0.481 e. The monoisotopic (exact) mass is 232 g/mol. The Balaban J connectivity index is 2.38. The molecule has 2 rings (SSSR count). The molecular formula is C15H20O2. The van der Waals surface area contributed by atoms with Gasteiger partial charge in [0.25, 0.3) is 0 Å². The van der Waals surface area contributed by atoms with Gasteiger partial charge in [-0.1, -0.05) is 25.1 Å². The van der Waals surface area contributed by atoms with Crippen LogP contribution in [0.1, 0.15) is 49.8 Å². The average molecular weight is 232 g/mol. The summed E-state index contributed by atoms with van der Waals surface area (Å²) >= 11 is 0. The molecule has 0 aliphatic heterocycles. The van der Waals surface area contributed by atoms with E-state index in [1.165, 1.54) is 16.7 Å². The Morgan fingerprint density at radius 1 is 1.47 bits per heavy atom. The maximum atomic E-state index is 11.3. The fourth-order valence-corrected chi connectivity index (χ4v) is 2.79. The van der Waals surface area contributed by atoms with Gasteiger partial charge >= 0.3 is 5.97 Å². The van der Waals surface area contributed by atoms with Gasteiger partial charge in [0, 0.05) is 5.92 Å².